The Bertz CT molecular complexity index is 634. The van der Waals surface area contributed by atoms with Gasteiger partial charge in [0.05, 0.1) is 6.33 Å². The van der Waals surface area contributed by atoms with Crippen LogP contribution in [0.25, 0.3) is 0 Å². The molecule has 0 aliphatic heterocycles. The first kappa shape index (κ1) is 16.5. The van der Waals surface area contributed by atoms with E-state index in [1.54, 1.807) is 29.5 Å². The van der Waals surface area contributed by atoms with Gasteiger partial charge in [0.1, 0.15) is 12.1 Å². The topological polar surface area (TPSA) is 69.0 Å². The number of hydrogen-bond acceptors (Lipinski definition) is 4. The van der Waals surface area contributed by atoms with Gasteiger partial charge in [0, 0.05) is 31.2 Å². The smallest absolute Gasteiger partial charge is 0.243 e. The number of carbonyl (C=O) groups excluding carboxylic acids is 1. The summed E-state index contributed by atoms with van der Waals surface area (Å²) in [5, 5.41) is 2.92. The summed E-state index contributed by atoms with van der Waals surface area (Å²) in [5.41, 5.74) is 0.956. The molecule has 0 bridgehead atoms. The molecule has 1 N–H and O–H groups in total. The molecule has 6 heteroatoms. The van der Waals surface area contributed by atoms with Gasteiger partial charge in [-0.05, 0) is 38.2 Å². The number of nitrogens with zero attached hydrogens (tertiary/aromatic N) is 3. The van der Waals surface area contributed by atoms with E-state index in [0.29, 0.717) is 18.5 Å². The highest BCUT2D eigenvalue weighted by atomic mass is 16.5. The van der Waals surface area contributed by atoms with E-state index < -0.39 is 0 Å². The molecule has 0 unspecified atom stereocenters. The molecule has 0 saturated heterocycles. The Kier molecular flexibility index (Phi) is 5.46. The van der Waals surface area contributed by atoms with Crippen LogP contribution in [0.15, 0.2) is 37.1 Å². The molecular formula is C18H24N4O2. The zero-order valence-electron chi connectivity index (χ0n) is 14.0. The highest BCUT2D eigenvalue weighted by molar-refractivity contribution is 5.79. The second-order valence-corrected chi connectivity index (χ2v) is 6.29. The second kappa shape index (κ2) is 7.95. The maximum Gasteiger partial charge on any atom is 0.243 e. The molecule has 0 spiro atoms. The summed E-state index contributed by atoms with van der Waals surface area (Å²) in [4.78, 5) is 20.5. The van der Waals surface area contributed by atoms with E-state index in [0.717, 1.165) is 18.4 Å². The highest BCUT2D eigenvalue weighted by Gasteiger charge is 2.16. The van der Waals surface area contributed by atoms with Gasteiger partial charge in [-0.2, -0.15) is 0 Å². The fourth-order valence-corrected chi connectivity index (χ4v) is 2.91. The minimum atomic E-state index is -0.283. The van der Waals surface area contributed by atoms with Crippen LogP contribution < -0.4 is 10.1 Å². The number of carbonyl (C=O) groups is 1. The van der Waals surface area contributed by atoms with Crippen molar-refractivity contribution in [2.45, 2.75) is 57.7 Å². The first-order valence-electron chi connectivity index (χ1n) is 8.59. The van der Waals surface area contributed by atoms with E-state index in [-0.39, 0.29) is 11.9 Å². The van der Waals surface area contributed by atoms with Gasteiger partial charge in [-0.1, -0.05) is 12.5 Å². The molecule has 0 radical (unpaired) electrons. The van der Waals surface area contributed by atoms with Gasteiger partial charge in [0.25, 0.3) is 0 Å². The van der Waals surface area contributed by atoms with Crippen molar-refractivity contribution in [1.29, 1.82) is 0 Å². The molecule has 2 aromatic heterocycles. The van der Waals surface area contributed by atoms with Crippen molar-refractivity contribution in [2.75, 3.05) is 0 Å². The van der Waals surface area contributed by atoms with E-state index in [1.165, 1.54) is 19.3 Å². The van der Waals surface area contributed by atoms with Gasteiger partial charge >= 0.3 is 0 Å². The number of imidazole rings is 1. The van der Waals surface area contributed by atoms with Gasteiger partial charge in [0.2, 0.25) is 11.8 Å². The number of hydrogen-bond donors (Lipinski definition) is 1. The lowest BCUT2D eigenvalue weighted by Crippen LogP contribution is -2.30. The van der Waals surface area contributed by atoms with E-state index >= 15 is 0 Å². The Hall–Kier alpha value is -2.37. The molecule has 1 amide bonds. The van der Waals surface area contributed by atoms with Gasteiger partial charge in [-0.3, -0.25) is 4.79 Å². The number of rotatable bonds is 6. The Balaban J connectivity index is 1.48. The maximum atomic E-state index is 12.1. The Morgan fingerprint density at radius 3 is 2.88 bits per heavy atom. The number of nitrogens with one attached hydrogen (secondary N) is 1. The third kappa shape index (κ3) is 4.34. The second-order valence-electron chi connectivity index (χ2n) is 6.29. The Labute approximate surface area is 142 Å². The monoisotopic (exact) mass is 328 g/mol. The van der Waals surface area contributed by atoms with Gasteiger partial charge in [0.15, 0.2) is 0 Å². The lowest BCUT2D eigenvalue weighted by Gasteiger charge is -2.22. The van der Waals surface area contributed by atoms with Crippen LogP contribution in [0.5, 0.6) is 5.88 Å². The summed E-state index contributed by atoms with van der Waals surface area (Å²) in [5.74, 6) is 0.624. The van der Waals surface area contributed by atoms with Crippen molar-refractivity contribution in [1.82, 2.24) is 19.9 Å². The van der Waals surface area contributed by atoms with Crippen LogP contribution in [0.4, 0.5) is 0 Å². The Morgan fingerprint density at radius 2 is 2.21 bits per heavy atom. The number of ether oxygens (including phenoxy) is 1. The number of pyridine rings is 1. The summed E-state index contributed by atoms with van der Waals surface area (Å²) in [6.45, 7) is 2.30. The quantitative estimate of drug-likeness (QED) is 0.885. The average molecular weight is 328 g/mol. The third-order valence-electron chi connectivity index (χ3n) is 4.46. The van der Waals surface area contributed by atoms with Crippen LogP contribution in [0.2, 0.25) is 0 Å². The summed E-state index contributed by atoms with van der Waals surface area (Å²) in [6, 6.07) is 3.55. The lowest BCUT2D eigenvalue weighted by molar-refractivity contribution is -0.124. The summed E-state index contributed by atoms with van der Waals surface area (Å²) in [7, 11) is 0. The molecule has 3 rings (SSSR count). The standard InChI is InChI=1S/C18H24N4O2/c1-14(22-10-9-19-13-22)18(23)21-12-15-7-8-17(20-11-15)24-16-5-3-2-4-6-16/h7-11,13-14,16H,2-6,12H2,1H3,(H,21,23)/t14-/m1/s1. The van der Waals surface area contributed by atoms with Crippen LogP contribution >= 0.6 is 0 Å². The molecule has 24 heavy (non-hydrogen) atoms. The van der Waals surface area contributed by atoms with Crippen molar-refractivity contribution in [3.63, 3.8) is 0 Å². The van der Waals surface area contributed by atoms with Crippen LogP contribution in [-0.4, -0.2) is 26.5 Å². The van der Waals surface area contributed by atoms with Gasteiger partial charge in [-0.15, -0.1) is 0 Å². The van der Waals surface area contributed by atoms with E-state index in [2.05, 4.69) is 15.3 Å². The first-order chi connectivity index (χ1) is 11.7. The largest absolute Gasteiger partial charge is 0.474 e. The predicted molar refractivity (Wildman–Crippen MR) is 90.5 cm³/mol. The lowest BCUT2D eigenvalue weighted by atomic mass is 9.98. The minimum absolute atomic E-state index is 0.0458. The fourth-order valence-electron chi connectivity index (χ4n) is 2.91. The molecular weight excluding hydrogens is 304 g/mol. The van der Waals surface area contributed by atoms with Crippen molar-refractivity contribution in [2.24, 2.45) is 0 Å². The van der Waals surface area contributed by atoms with Crippen molar-refractivity contribution in [3.8, 4) is 5.88 Å². The van der Waals surface area contributed by atoms with Crippen LogP contribution in [0.3, 0.4) is 0 Å². The fraction of sp³-hybridized carbons (Fsp3) is 0.500. The van der Waals surface area contributed by atoms with Crippen molar-refractivity contribution >= 4 is 5.91 Å². The van der Waals surface area contributed by atoms with Gasteiger partial charge < -0.3 is 14.6 Å². The molecule has 1 aliphatic carbocycles. The van der Waals surface area contributed by atoms with Crippen LogP contribution in [0, 0.1) is 0 Å². The Morgan fingerprint density at radius 1 is 1.38 bits per heavy atom. The third-order valence-corrected chi connectivity index (χ3v) is 4.46. The molecule has 1 fully saturated rings. The van der Waals surface area contributed by atoms with Crippen LogP contribution in [-0.2, 0) is 11.3 Å². The van der Waals surface area contributed by atoms with Crippen LogP contribution in [0.1, 0.15) is 50.6 Å². The molecule has 6 nitrogen and oxygen atoms in total. The summed E-state index contributed by atoms with van der Waals surface area (Å²) >= 11 is 0. The predicted octanol–water partition coefficient (Wildman–Crippen LogP) is 2.87. The molecule has 128 valence electrons. The maximum absolute atomic E-state index is 12.1. The van der Waals surface area contributed by atoms with Crippen molar-refractivity contribution < 1.29 is 9.53 Å². The summed E-state index contributed by atoms with van der Waals surface area (Å²) < 4.78 is 7.69. The molecule has 2 aromatic rings. The zero-order valence-corrected chi connectivity index (χ0v) is 14.0. The first-order valence-corrected chi connectivity index (χ1v) is 8.59. The van der Waals surface area contributed by atoms with E-state index in [1.807, 2.05) is 19.1 Å². The number of aromatic nitrogens is 3. The number of amides is 1. The average Bonchev–Trinajstić information content (AvgIpc) is 3.16. The van der Waals surface area contributed by atoms with Gasteiger partial charge in [-0.25, -0.2) is 9.97 Å². The molecule has 1 atom stereocenters. The minimum Gasteiger partial charge on any atom is -0.474 e. The summed E-state index contributed by atoms with van der Waals surface area (Å²) in [6.07, 6.45) is 13.2. The molecule has 0 aromatic carbocycles. The highest BCUT2D eigenvalue weighted by Crippen LogP contribution is 2.22. The SMILES string of the molecule is C[C@H](C(=O)NCc1ccc(OC2CCCCC2)nc1)n1ccnc1. The van der Waals surface area contributed by atoms with E-state index in [4.69, 9.17) is 4.74 Å². The van der Waals surface area contributed by atoms with Crippen molar-refractivity contribution in [3.05, 3.63) is 42.6 Å². The molecule has 1 aliphatic rings. The van der Waals surface area contributed by atoms with E-state index in [9.17, 15) is 4.79 Å². The normalized spacial score (nSPS) is 16.5. The molecule has 1 saturated carbocycles. The zero-order chi connectivity index (χ0) is 16.8. The molecule has 2 heterocycles.